The fourth-order valence-electron chi connectivity index (χ4n) is 4.33. The van der Waals surface area contributed by atoms with Gasteiger partial charge >= 0.3 is 5.97 Å². The number of ketones is 2. The molecule has 5 nitrogen and oxygen atoms in total. The maximum Gasteiger partial charge on any atom is 0.307 e. The maximum atomic E-state index is 13.3. The van der Waals surface area contributed by atoms with Crippen molar-refractivity contribution in [2.45, 2.75) is 31.1 Å². The summed E-state index contributed by atoms with van der Waals surface area (Å²) >= 11 is 0. The fourth-order valence-corrected chi connectivity index (χ4v) is 4.33. The Labute approximate surface area is 170 Å². The number of rotatable bonds is 6. The summed E-state index contributed by atoms with van der Waals surface area (Å²) in [5, 5.41) is 0. The van der Waals surface area contributed by atoms with Crippen LogP contribution in [0, 0.1) is 0 Å². The Bertz CT molecular complexity index is 880. The second-order valence-electron chi connectivity index (χ2n) is 7.79. The third-order valence-electron chi connectivity index (χ3n) is 5.99. The van der Waals surface area contributed by atoms with Gasteiger partial charge in [-0.2, -0.15) is 0 Å². The predicted octanol–water partition coefficient (Wildman–Crippen LogP) is 3.42. The number of Topliss-reactive ketones (excluding diaryl/α,β-unsaturated/α-hetero) is 2. The van der Waals surface area contributed by atoms with Crippen molar-refractivity contribution in [2.24, 2.45) is 0 Å². The summed E-state index contributed by atoms with van der Waals surface area (Å²) in [5.41, 5.74) is -0.141. The van der Waals surface area contributed by atoms with E-state index in [1.165, 1.54) is 6.42 Å². The number of ether oxygens (including phenoxy) is 1. The summed E-state index contributed by atoms with van der Waals surface area (Å²) < 4.78 is 5.54. The van der Waals surface area contributed by atoms with Gasteiger partial charge in [0.15, 0.2) is 17.0 Å². The highest BCUT2D eigenvalue weighted by Crippen LogP contribution is 2.40. The SMILES string of the molecule is O=C(CCN1CCCCC1)OCC1(c2ccccc2)C(=O)c2ccccc2C1=O. The van der Waals surface area contributed by atoms with Crippen LogP contribution in [0.3, 0.4) is 0 Å². The van der Waals surface area contributed by atoms with Crippen LogP contribution < -0.4 is 0 Å². The van der Waals surface area contributed by atoms with Gasteiger partial charge in [0.1, 0.15) is 6.61 Å². The highest BCUT2D eigenvalue weighted by atomic mass is 16.5. The Morgan fingerprint density at radius 2 is 1.45 bits per heavy atom. The highest BCUT2D eigenvalue weighted by molar-refractivity contribution is 6.33. The molecule has 0 saturated carbocycles. The summed E-state index contributed by atoms with van der Waals surface area (Å²) in [5.74, 6) is -0.969. The molecule has 1 saturated heterocycles. The van der Waals surface area contributed by atoms with E-state index < -0.39 is 5.41 Å². The van der Waals surface area contributed by atoms with Crippen LogP contribution in [0.5, 0.6) is 0 Å². The Morgan fingerprint density at radius 1 is 0.862 bits per heavy atom. The van der Waals surface area contributed by atoms with Crippen molar-refractivity contribution in [2.75, 3.05) is 26.2 Å². The minimum atomic E-state index is -1.49. The molecule has 0 aromatic heterocycles. The molecule has 0 amide bonds. The number of carbonyl (C=O) groups excluding carboxylic acids is 3. The topological polar surface area (TPSA) is 63.7 Å². The lowest BCUT2D eigenvalue weighted by Gasteiger charge is -2.27. The largest absolute Gasteiger partial charge is 0.464 e. The Hall–Kier alpha value is -2.79. The number of nitrogens with zero attached hydrogens (tertiary/aromatic N) is 1. The van der Waals surface area contributed by atoms with Crippen LogP contribution >= 0.6 is 0 Å². The lowest BCUT2D eigenvalue weighted by Crippen LogP contribution is -2.44. The van der Waals surface area contributed by atoms with Crippen molar-refractivity contribution in [3.8, 4) is 0 Å². The third-order valence-corrected chi connectivity index (χ3v) is 5.99. The van der Waals surface area contributed by atoms with Gasteiger partial charge in [0.25, 0.3) is 0 Å². The van der Waals surface area contributed by atoms with E-state index in [4.69, 9.17) is 4.74 Å². The predicted molar refractivity (Wildman–Crippen MR) is 109 cm³/mol. The van der Waals surface area contributed by atoms with Crippen molar-refractivity contribution in [3.05, 3.63) is 71.3 Å². The van der Waals surface area contributed by atoms with E-state index >= 15 is 0 Å². The molecule has 0 bridgehead atoms. The zero-order valence-electron chi connectivity index (χ0n) is 16.4. The number of likely N-dealkylation sites (tertiary alicyclic amines) is 1. The molecule has 0 N–H and O–H groups in total. The van der Waals surface area contributed by atoms with Gasteiger partial charge in [-0.1, -0.05) is 61.0 Å². The number of esters is 1. The number of carbonyl (C=O) groups is 3. The van der Waals surface area contributed by atoms with Gasteiger partial charge in [0.2, 0.25) is 0 Å². The van der Waals surface area contributed by atoms with Crippen molar-refractivity contribution >= 4 is 17.5 Å². The number of piperidine rings is 1. The normalized spacial score (nSPS) is 18.5. The van der Waals surface area contributed by atoms with Crippen molar-refractivity contribution in [1.82, 2.24) is 4.90 Å². The zero-order valence-corrected chi connectivity index (χ0v) is 16.4. The van der Waals surface area contributed by atoms with Crippen LogP contribution in [0.4, 0.5) is 0 Å². The molecule has 1 heterocycles. The Kier molecular flexibility index (Phi) is 5.58. The number of hydrogen-bond acceptors (Lipinski definition) is 5. The molecule has 1 fully saturated rings. The summed E-state index contributed by atoms with van der Waals surface area (Å²) in [7, 11) is 0. The molecule has 1 aliphatic carbocycles. The molecule has 2 aromatic carbocycles. The number of hydrogen-bond donors (Lipinski definition) is 0. The number of fused-ring (bicyclic) bond motifs is 1. The highest BCUT2D eigenvalue weighted by Gasteiger charge is 2.55. The van der Waals surface area contributed by atoms with Crippen molar-refractivity contribution in [3.63, 3.8) is 0 Å². The van der Waals surface area contributed by atoms with E-state index in [1.807, 2.05) is 6.07 Å². The molecule has 29 heavy (non-hydrogen) atoms. The molecule has 0 radical (unpaired) electrons. The molecule has 150 valence electrons. The van der Waals surface area contributed by atoms with Gasteiger partial charge in [-0.15, -0.1) is 0 Å². The van der Waals surface area contributed by atoms with Crippen molar-refractivity contribution in [1.29, 1.82) is 0 Å². The van der Waals surface area contributed by atoms with Gasteiger partial charge in [0, 0.05) is 17.7 Å². The number of benzene rings is 2. The van der Waals surface area contributed by atoms with E-state index in [-0.39, 0.29) is 30.6 Å². The van der Waals surface area contributed by atoms with Crippen molar-refractivity contribution < 1.29 is 19.1 Å². The third kappa shape index (κ3) is 3.62. The molecular formula is C24H25NO4. The van der Waals surface area contributed by atoms with Gasteiger partial charge in [-0.05, 0) is 31.5 Å². The maximum absolute atomic E-state index is 13.3. The average molecular weight is 391 g/mol. The van der Waals surface area contributed by atoms with Gasteiger partial charge in [-0.3, -0.25) is 14.4 Å². The Morgan fingerprint density at radius 3 is 2.07 bits per heavy atom. The molecule has 5 heteroatoms. The van der Waals surface area contributed by atoms with Crippen LogP contribution in [-0.4, -0.2) is 48.7 Å². The summed E-state index contributed by atoms with van der Waals surface area (Å²) in [6.45, 7) is 2.41. The monoisotopic (exact) mass is 391 g/mol. The van der Waals surface area contributed by atoms with E-state index in [2.05, 4.69) is 4.90 Å². The second-order valence-corrected chi connectivity index (χ2v) is 7.79. The molecule has 0 spiro atoms. The summed E-state index contributed by atoms with van der Waals surface area (Å²) in [4.78, 5) is 41.3. The average Bonchev–Trinajstić information content (AvgIpc) is 3.00. The molecular weight excluding hydrogens is 366 g/mol. The minimum Gasteiger partial charge on any atom is -0.464 e. The molecule has 0 atom stereocenters. The van der Waals surface area contributed by atoms with Crippen LogP contribution in [0.2, 0.25) is 0 Å². The van der Waals surface area contributed by atoms with E-state index in [1.54, 1.807) is 48.5 Å². The Balaban J connectivity index is 1.53. The van der Waals surface area contributed by atoms with E-state index in [0.717, 1.165) is 25.9 Å². The van der Waals surface area contributed by atoms with Gasteiger partial charge in [-0.25, -0.2) is 0 Å². The van der Waals surface area contributed by atoms with Crippen LogP contribution in [0.15, 0.2) is 54.6 Å². The molecule has 0 unspecified atom stereocenters. The zero-order chi connectivity index (χ0) is 20.3. The van der Waals surface area contributed by atoms with Crippen LogP contribution in [-0.2, 0) is 14.9 Å². The summed E-state index contributed by atoms with van der Waals surface area (Å²) in [6, 6.07) is 15.7. The first-order chi connectivity index (χ1) is 14.1. The molecule has 2 aliphatic rings. The molecule has 1 aliphatic heterocycles. The first-order valence-electron chi connectivity index (χ1n) is 10.2. The first-order valence-corrected chi connectivity index (χ1v) is 10.2. The van der Waals surface area contributed by atoms with E-state index in [9.17, 15) is 14.4 Å². The van der Waals surface area contributed by atoms with Gasteiger partial charge < -0.3 is 9.64 Å². The summed E-state index contributed by atoms with van der Waals surface area (Å²) in [6.07, 6.45) is 3.83. The molecule has 2 aromatic rings. The van der Waals surface area contributed by atoms with Gasteiger partial charge in [0.05, 0.1) is 6.42 Å². The quantitative estimate of drug-likeness (QED) is 0.558. The van der Waals surface area contributed by atoms with Crippen LogP contribution in [0.25, 0.3) is 0 Å². The second kappa shape index (κ2) is 8.29. The van der Waals surface area contributed by atoms with Crippen LogP contribution in [0.1, 0.15) is 52.0 Å². The first kappa shape index (κ1) is 19.5. The smallest absolute Gasteiger partial charge is 0.307 e. The minimum absolute atomic E-state index is 0.262. The lowest BCUT2D eigenvalue weighted by molar-refractivity contribution is -0.144. The lowest BCUT2D eigenvalue weighted by atomic mass is 9.76. The van der Waals surface area contributed by atoms with E-state index in [0.29, 0.717) is 23.2 Å². The molecule has 4 rings (SSSR count). The standard InChI is InChI=1S/C24H25NO4/c26-21(13-16-25-14-7-2-8-15-25)29-17-24(18-9-3-1-4-10-18)22(27)19-11-5-6-12-20(19)23(24)28/h1,3-6,9-12H,2,7-8,13-17H2. The fraction of sp³-hybridized carbons (Fsp3) is 0.375.